The number of hydrogen-bond donors (Lipinski definition) is 2. The molecule has 26 heavy (non-hydrogen) atoms. The molecular formula is C17H25Cl2F2N3O2. The number of alkyl halides is 2. The zero-order valence-electron chi connectivity index (χ0n) is 14.4. The van der Waals surface area contributed by atoms with Gasteiger partial charge in [-0.3, -0.25) is 15.0 Å². The van der Waals surface area contributed by atoms with Crippen LogP contribution >= 0.6 is 24.8 Å². The lowest BCUT2D eigenvalue weighted by atomic mass is 10.1. The van der Waals surface area contributed by atoms with E-state index < -0.39 is 24.9 Å². The molecule has 9 heteroatoms. The lowest BCUT2D eigenvalue weighted by Crippen LogP contribution is -2.40. The third-order valence-corrected chi connectivity index (χ3v) is 4.43. The van der Waals surface area contributed by atoms with Crippen LogP contribution in [0.3, 0.4) is 0 Å². The molecule has 148 valence electrons. The van der Waals surface area contributed by atoms with Crippen molar-refractivity contribution < 1.29 is 18.3 Å². The Hall–Kier alpha value is -0.990. The van der Waals surface area contributed by atoms with Crippen LogP contribution in [0.25, 0.3) is 0 Å². The predicted molar refractivity (Wildman–Crippen MR) is 100 cm³/mol. The molecule has 1 atom stereocenters. The van der Waals surface area contributed by atoms with Crippen molar-refractivity contribution in [2.75, 3.05) is 32.8 Å². The van der Waals surface area contributed by atoms with Gasteiger partial charge in [0.25, 0.3) is 5.92 Å². The Morgan fingerprint density at radius 3 is 2.38 bits per heavy atom. The quantitative estimate of drug-likeness (QED) is 0.777. The highest BCUT2D eigenvalue weighted by atomic mass is 35.5. The number of ether oxygens (including phenoxy) is 1. The molecule has 2 fully saturated rings. The van der Waals surface area contributed by atoms with E-state index in [-0.39, 0.29) is 30.7 Å². The molecule has 2 N–H and O–H groups in total. The van der Waals surface area contributed by atoms with E-state index in [1.165, 1.54) is 5.56 Å². The molecule has 1 aromatic carbocycles. The van der Waals surface area contributed by atoms with Crippen molar-refractivity contribution in [3.63, 3.8) is 0 Å². The fourth-order valence-corrected chi connectivity index (χ4v) is 2.99. The summed E-state index contributed by atoms with van der Waals surface area (Å²) in [4.78, 5) is 14.3. The van der Waals surface area contributed by atoms with Crippen LogP contribution in [-0.4, -0.2) is 55.6 Å². The molecule has 0 saturated carbocycles. The number of carbonyl (C=O) groups is 1. The average molecular weight is 412 g/mol. The van der Waals surface area contributed by atoms with Crippen LogP contribution in [0.15, 0.2) is 24.3 Å². The van der Waals surface area contributed by atoms with Crippen LogP contribution in [0.1, 0.15) is 17.5 Å². The van der Waals surface area contributed by atoms with Crippen LogP contribution in [-0.2, 0) is 22.6 Å². The zero-order chi connectivity index (χ0) is 17.0. The number of nitrogens with one attached hydrogen (secondary N) is 2. The average Bonchev–Trinajstić information content (AvgIpc) is 2.95. The number of nitrogens with zero attached hydrogens (tertiary/aromatic N) is 1. The summed E-state index contributed by atoms with van der Waals surface area (Å²) in [7, 11) is 0. The minimum atomic E-state index is -2.79. The predicted octanol–water partition coefficient (Wildman–Crippen LogP) is 1.98. The maximum absolute atomic E-state index is 13.1. The standard InChI is InChI=1S/C17H23F2N3O2.2ClH/c18-17(19)9-15(21-12-17)16(23)20-10-13-1-3-14(4-2-13)11-22-5-7-24-8-6-22;;/h1-4,15,21H,5-12H2,(H,20,23);2*1H. The topological polar surface area (TPSA) is 53.6 Å². The molecule has 0 aromatic heterocycles. The van der Waals surface area contributed by atoms with Crippen LogP contribution in [0, 0.1) is 0 Å². The van der Waals surface area contributed by atoms with Gasteiger partial charge in [0.1, 0.15) is 0 Å². The second-order valence-corrected chi connectivity index (χ2v) is 6.42. The first-order chi connectivity index (χ1) is 11.5. The van der Waals surface area contributed by atoms with Gasteiger partial charge < -0.3 is 10.1 Å². The highest BCUT2D eigenvalue weighted by Gasteiger charge is 2.42. The van der Waals surface area contributed by atoms with Crippen LogP contribution in [0.5, 0.6) is 0 Å². The summed E-state index contributed by atoms with van der Waals surface area (Å²) in [6.45, 7) is 4.24. The number of halogens is 4. The normalized spacial score (nSPS) is 22.2. The summed E-state index contributed by atoms with van der Waals surface area (Å²) in [6.07, 6.45) is -0.433. The smallest absolute Gasteiger partial charge is 0.262 e. The first-order valence-corrected chi connectivity index (χ1v) is 8.29. The molecule has 1 unspecified atom stereocenters. The van der Waals surface area contributed by atoms with Crippen molar-refractivity contribution in [2.45, 2.75) is 31.5 Å². The van der Waals surface area contributed by atoms with Crippen LogP contribution in [0.4, 0.5) is 8.78 Å². The van der Waals surface area contributed by atoms with Crippen molar-refractivity contribution in [1.29, 1.82) is 0 Å². The Morgan fingerprint density at radius 1 is 1.19 bits per heavy atom. The molecule has 0 bridgehead atoms. The van der Waals surface area contributed by atoms with Gasteiger partial charge in [0.15, 0.2) is 0 Å². The maximum atomic E-state index is 13.1. The number of hydrogen-bond acceptors (Lipinski definition) is 4. The lowest BCUT2D eigenvalue weighted by Gasteiger charge is -2.26. The van der Waals surface area contributed by atoms with E-state index in [2.05, 4.69) is 15.5 Å². The Labute approximate surface area is 164 Å². The van der Waals surface area contributed by atoms with E-state index >= 15 is 0 Å². The number of morpholine rings is 1. The molecule has 2 heterocycles. The third kappa shape index (κ3) is 6.63. The van der Waals surface area contributed by atoms with Gasteiger partial charge in [-0.1, -0.05) is 24.3 Å². The first kappa shape index (κ1) is 23.0. The Kier molecular flexibility index (Phi) is 9.19. The molecule has 0 radical (unpaired) electrons. The lowest BCUT2D eigenvalue weighted by molar-refractivity contribution is -0.123. The summed E-state index contributed by atoms with van der Waals surface area (Å²) in [5, 5.41) is 5.28. The van der Waals surface area contributed by atoms with Gasteiger partial charge in [-0.05, 0) is 11.1 Å². The molecule has 1 aromatic rings. The summed E-state index contributed by atoms with van der Waals surface area (Å²) in [5.74, 6) is -3.16. The summed E-state index contributed by atoms with van der Waals surface area (Å²) in [5.41, 5.74) is 2.17. The van der Waals surface area contributed by atoms with E-state index in [0.29, 0.717) is 6.54 Å². The van der Waals surface area contributed by atoms with Gasteiger partial charge in [-0.25, -0.2) is 8.78 Å². The van der Waals surface area contributed by atoms with E-state index in [4.69, 9.17) is 4.74 Å². The SMILES string of the molecule is Cl.Cl.O=C(NCc1ccc(CN2CCOCC2)cc1)C1CC(F)(F)CN1. The fourth-order valence-electron chi connectivity index (χ4n) is 2.99. The minimum Gasteiger partial charge on any atom is -0.379 e. The Morgan fingerprint density at radius 2 is 1.81 bits per heavy atom. The second-order valence-electron chi connectivity index (χ2n) is 6.42. The van der Waals surface area contributed by atoms with Gasteiger partial charge in [0.2, 0.25) is 5.91 Å². The summed E-state index contributed by atoms with van der Waals surface area (Å²) < 4.78 is 31.5. The monoisotopic (exact) mass is 411 g/mol. The molecule has 2 saturated heterocycles. The molecule has 2 aliphatic rings. The number of amides is 1. The maximum Gasteiger partial charge on any atom is 0.262 e. The summed E-state index contributed by atoms with van der Waals surface area (Å²) in [6, 6.07) is 7.21. The fraction of sp³-hybridized carbons (Fsp3) is 0.588. The van der Waals surface area contributed by atoms with Crippen molar-refractivity contribution in [3.8, 4) is 0 Å². The highest BCUT2D eigenvalue weighted by Crippen LogP contribution is 2.25. The third-order valence-electron chi connectivity index (χ3n) is 4.43. The minimum absolute atomic E-state index is 0. The van der Waals surface area contributed by atoms with E-state index in [9.17, 15) is 13.6 Å². The van der Waals surface area contributed by atoms with E-state index in [0.717, 1.165) is 38.4 Å². The molecule has 3 rings (SSSR count). The van der Waals surface area contributed by atoms with Gasteiger partial charge in [0.05, 0.1) is 25.8 Å². The molecule has 2 aliphatic heterocycles. The van der Waals surface area contributed by atoms with Crippen molar-refractivity contribution in [3.05, 3.63) is 35.4 Å². The van der Waals surface area contributed by atoms with Gasteiger partial charge in [-0.15, -0.1) is 24.8 Å². The van der Waals surface area contributed by atoms with E-state index in [1.807, 2.05) is 24.3 Å². The van der Waals surface area contributed by atoms with Gasteiger partial charge >= 0.3 is 0 Å². The molecular weight excluding hydrogens is 387 g/mol. The Bertz CT molecular complexity index is 570. The largest absolute Gasteiger partial charge is 0.379 e. The number of carbonyl (C=O) groups excluding carboxylic acids is 1. The van der Waals surface area contributed by atoms with Crippen molar-refractivity contribution in [2.24, 2.45) is 0 Å². The van der Waals surface area contributed by atoms with Crippen LogP contribution in [0.2, 0.25) is 0 Å². The van der Waals surface area contributed by atoms with Crippen molar-refractivity contribution >= 4 is 30.7 Å². The number of rotatable bonds is 5. The zero-order valence-corrected chi connectivity index (χ0v) is 16.0. The molecule has 1 amide bonds. The van der Waals surface area contributed by atoms with E-state index in [1.54, 1.807) is 0 Å². The van der Waals surface area contributed by atoms with Crippen molar-refractivity contribution in [1.82, 2.24) is 15.5 Å². The van der Waals surface area contributed by atoms with Crippen LogP contribution < -0.4 is 10.6 Å². The Balaban J connectivity index is 0.00000169. The first-order valence-electron chi connectivity index (χ1n) is 8.29. The van der Waals surface area contributed by atoms with Gasteiger partial charge in [0, 0.05) is 32.6 Å². The molecule has 0 aliphatic carbocycles. The molecule has 5 nitrogen and oxygen atoms in total. The summed E-state index contributed by atoms with van der Waals surface area (Å²) >= 11 is 0. The molecule has 0 spiro atoms. The second kappa shape index (κ2) is 10.4. The van der Waals surface area contributed by atoms with Gasteiger partial charge in [-0.2, -0.15) is 0 Å². The number of benzene rings is 1. The highest BCUT2D eigenvalue weighted by molar-refractivity contribution is 5.85.